The fourth-order valence-corrected chi connectivity index (χ4v) is 9.19. The number of nitrogens with one attached hydrogen (secondary N) is 3. The number of esters is 1. The van der Waals surface area contributed by atoms with Crippen LogP contribution in [0.1, 0.15) is 71.1 Å². The molecule has 1 unspecified atom stereocenters. The number of nitrogens with zero attached hydrogens (tertiary/aromatic N) is 5. The van der Waals surface area contributed by atoms with Crippen LogP contribution in [0.25, 0.3) is 33.3 Å². The van der Waals surface area contributed by atoms with Crippen molar-refractivity contribution < 1.29 is 33.8 Å². The second-order valence-electron chi connectivity index (χ2n) is 18.5. The summed E-state index contributed by atoms with van der Waals surface area (Å²) in [5, 5.41) is 19.6. The molecule has 2 aromatic carbocycles. The minimum Gasteiger partial charge on any atom is -0.508 e. The van der Waals surface area contributed by atoms with E-state index in [2.05, 4.69) is 71.5 Å². The van der Waals surface area contributed by atoms with Crippen LogP contribution in [-0.2, 0) is 54.5 Å². The molecule has 0 saturated carbocycles. The molecule has 15 heteroatoms. The van der Waals surface area contributed by atoms with E-state index in [1.807, 2.05) is 38.4 Å². The van der Waals surface area contributed by atoms with E-state index in [0.717, 1.165) is 45.3 Å². The van der Waals surface area contributed by atoms with Crippen LogP contribution in [0.3, 0.4) is 0 Å². The molecule has 3 aliphatic rings. The minimum atomic E-state index is -1.16. The first-order valence-corrected chi connectivity index (χ1v) is 22.2. The highest BCUT2D eigenvalue weighted by Crippen LogP contribution is 2.41. The zero-order valence-electron chi connectivity index (χ0n) is 37.8. The van der Waals surface area contributed by atoms with E-state index in [4.69, 9.17) is 4.74 Å². The summed E-state index contributed by atoms with van der Waals surface area (Å²) >= 11 is 0. The molecule has 4 aromatic rings. The molecule has 5 heterocycles. The number of aryl methyl sites for hydroxylation is 2. The van der Waals surface area contributed by atoms with Gasteiger partial charge in [-0.1, -0.05) is 46.8 Å². The van der Waals surface area contributed by atoms with E-state index in [0.29, 0.717) is 37.9 Å². The maximum absolute atomic E-state index is 14.6. The van der Waals surface area contributed by atoms with Crippen LogP contribution < -0.4 is 16.1 Å². The van der Waals surface area contributed by atoms with Crippen molar-refractivity contribution in [3.63, 3.8) is 0 Å². The predicted molar refractivity (Wildman–Crippen MR) is 240 cm³/mol. The summed E-state index contributed by atoms with van der Waals surface area (Å²) in [4.78, 5) is 76.2. The number of ether oxygens (including phenoxy) is 1. The molecule has 0 spiro atoms. The van der Waals surface area contributed by atoms with Crippen molar-refractivity contribution in [1.29, 1.82) is 0 Å². The van der Waals surface area contributed by atoms with Crippen LogP contribution in [0.15, 0.2) is 54.9 Å². The Kier molecular flexibility index (Phi) is 13.3. The van der Waals surface area contributed by atoms with Gasteiger partial charge in [0.25, 0.3) is 5.91 Å². The van der Waals surface area contributed by atoms with Gasteiger partial charge < -0.3 is 34.8 Å². The number of rotatable bonds is 10. The summed E-state index contributed by atoms with van der Waals surface area (Å²) in [6.45, 7) is 13.5. The molecule has 3 aliphatic heterocycles. The number of hydrogen-bond acceptors (Lipinski definition) is 10. The first-order valence-electron chi connectivity index (χ1n) is 22.2. The minimum absolute atomic E-state index is 0.00462. The van der Waals surface area contributed by atoms with Crippen molar-refractivity contribution in [1.82, 2.24) is 40.4 Å². The van der Waals surface area contributed by atoms with Gasteiger partial charge in [-0.05, 0) is 96.7 Å². The Bertz CT molecular complexity index is 2400. The number of hydrazine groups is 1. The number of likely N-dealkylation sites (N-methyl/N-ethyl adjacent to an activating group) is 2. The average molecular weight is 863 g/mol. The van der Waals surface area contributed by atoms with E-state index < -0.39 is 47.2 Å². The molecule has 15 nitrogen and oxygen atoms in total. The Morgan fingerprint density at radius 2 is 1.83 bits per heavy atom. The van der Waals surface area contributed by atoms with Crippen LogP contribution >= 0.6 is 0 Å². The van der Waals surface area contributed by atoms with Gasteiger partial charge in [0, 0.05) is 74.4 Å². The maximum Gasteiger partial charge on any atom is 0.324 e. The van der Waals surface area contributed by atoms with Gasteiger partial charge in [-0.3, -0.25) is 34.0 Å². The predicted octanol–water partition coefficient (Wildman–Crippen LogP) is 4.22. The number of aromatic hydroxyl groups is 1. The van der Waals surface area contributed by atoms with Crippen LogP contribution in [0.4, 0.5) is 0 Å². The molecular formula is C48H62N8O7. The van der Waals surface area contributed by atoms with Crippen LogP contribution in [0, 0.1) is 11.3 Å². The van der Waals surface area contributed by atoms with Crippen LogP contribution in [0.2, 0.25) is 0 Å². The Hall–Kier alpha value is -5.80. The molecule has 0 aliphatic carbocycles. The average Bonchev–Trinajstić information content (AvgIpc) is 4.07. The highest BCUT2D eigenvalue weighted by atomic mass is 16.5. The summed E-state index contributed by atoms with van der Waals surface area (Å²) < 4.78 is 8.40. The van der Waals surface area contributed by atoms with Crippen molar-refractivity contribution in [3.05, 3.63) is 71.5 Å². The molecule has 63 heavy (non-hydrogen) atoms. The van der Waals surface area contributed by atoms with E-state index in [9.17, 15) is 29.1 Å². The highest BCUT2D eigenvalue weighted by molar-refractivity contribution is 5.96. The van der Waals surface area contributed by atoms with Gasteiger partial charge in [0.2, 0.25) is 17.7 Å². The molecular weight excluding hydrogens is 801 g/mol. The van der Waals surface area contributed by atoms with Crippen molar-refractivity contribution in [3.8, 4) is 28.1 Å². The number of benzene rings is 2. The molecule has 6 bridgehead atoms. The van der Waals surface area contributed by atoms with Crippen molar-refractivity contribution in [2.75, 3.05) is 40.3 Å². The van der Waals surface area contributed by atoms with E-state index >= 15 is 0 Å². The number of phenols is 1. The molecule has 2 saturated heterocycles. The summed E-state index contributed by atoms with van der Waals surface area (Å²) in [6, 6.07) is 10.3. The molecule has 4 atom stereocenters. The van der Waals surface area contributed by atoms with Gasteiger partial charge in [-0.2, -0.15) is 0 Å². The zero-order valence-corrected chi connectivity index (χ0v) is 37.8. The Morgan fingerprint density at radius 1 is 1.06 bits per heavy atom. The third kappa shape index (κ3) is 9.74. The normalized spacial score (nSPS) is 20.5. The van der Waals surface area contributed by atoms with E-state index in [1.54, 1.807) is 19.2 Å². The lowest BCUT2D eigenvalue weighted by molar-refractivity contribution is -0.155. The van der Waals surface area contributed by atoms with Crippen molar-refractivity contribution >= 4 is 40.5 Å². The number of phenolic OH excluding ortho intramolecular Hbond substituents is 1. The number of hydrogen-bond donors (Lipinski definition) is 4. The first kappa shape index (κ1) is 45.2. The molecule has 2 fully saturated rings. The number of carbonyl (C=O) groups is 5. The maximum atomic E-state index is 14.6. The lowest BCUT2D eigenvalue weighted by atomic mass is 9.84. The highest BCUT2D eigenvalue weighted by Gasteiger charge is 2.39. The molecule has 4 N–H and O–H groups in total. The van der Waals surface area contributed by atoms with Gasteiger partial charge in [0.15, 0.2) is 0 Å². The van der Waals surface area contributed by atoms with Gasteiger partial charge in [0.1, 0.15) is 23.9 Å². The number of amides is 4. The van der Waals surface area contributed by atoms with Gasteiger partial charge in [-0.25, -0.2) is 5.43 Å². The molecule has 336 valence electrons. The van der Waals surface area contributed by atoms with Gasteiger partial charge in [0.05, 0.1) is 24.9 Å². The van der Waals surface area contributed by atoms with Gasteiger partial charge in [-0.15, -0.1) is 0 Å². The van der Waals surface area contributed by atoms with E-state index in [-0.39, 0.29) is 49.7 Å². The smallest absolute Gasteiger partial charge is 0.324 e. The summed E-state index contributed by atoms with van der Waals surface area (Å²) in [6.07, 6.45) is 6.11. The third-order valence-electron chi connectivity index (χ3n) is 12.6. The lowest BCUT2D eigenvalue weighted by Crippen LogP contribution is -2.62. The number of fused-ring (bicyclic) bond motifs is 6. The van der Waals surface area contributed by atoms with Crippen LogP contribution in [0.5, 0.6) is 5.75 Å². The number of aromatic nitrogens is 2. The van der Waals surface area contributed by atoms with Crippen molar-refractivity contribution in [2.24, 2.45) is 11.3 Å². The Balaban J connectivity index is 1.30. The Labute approximate surface area is 369 Å². The summed E-state index contributed by atoms with van der Waals surface area (Å²) in [7, 11) is 3.08. The van der Waals surface area contributed by atoms with Crippen molar-refractivity contribution in [2.45, 2.75) is 104 Å². The molecule has 4 amide bonds. The SMILES string of the molecule is CCc1ccncc1-c1c2c3cc(ccc3n1CC)-c1cc(O)cc(c1)C[C@H](NC(=O)[C@H](C(C)C)N(C)C(=O)CN(C)C(=O)C1CN1)C(=O)N1CCC[C@H](N1)C(=O)OCC(C)(C)C2. The van der Waals surface area contributed by atoms with E-state index in [1.165, 1.54) is 27.4 Å². The summed E-state index contributed by atoms with van der Waals surface area (Å²) in [5.74, 6) is -2.50. The monoisotopic (exact) mass is 862 g/mol. The fraction of sp³-hybridized carbons (Fsp3) is 0.500. The number of carbonyl (C=O) groups excluding carboxylic acids is 5. The third-order valence-corrected chi connectivity index (χ3v) is 12.6. The largest absolute Gasteiger partial charge is 0.508 e. The topological polar surface area (TPSA) is 188 Å². The quantitative estimate of drug-likeness (QED) is 0.133. The lowest BCUT2D eigenvalue weighted by Gasteiger charge is -2.37. The molecule has 0 radical (unpaired) electrons. The van der Waals surface area contributed by atoms with Crippen LogP contribution in [-0.4, -0.2) is 124 Å². The number of pyridine rings is 1. The second-order valence-corrected chi connectivity index (χ2v) is 18.5. The molecule has 7 rings (SSSR count). The van der Waals surface area contributed by atoms with Gasteiger partial charge >= 0.3 is 5.97 Å². The number of cyclic esters (lactones) is 1. The first-order chi connectivity index (χ1) is 30.0. The summed E-state index contributed by atoms with van der Waals surface area (Å²) in [5.41, 5.74) is 10.2. The molecule has 2 aromatic heterocycles. The second kappa shape index (κ2) is 18.5. The Morgan fingerprint density at radius 3 is 2.52 bits per heavy atom. The fourth-order valence-electron chi connectivity index (χ4n) is 9.19. The zero-order chi connectivity index (χ0) is 45.3. The standard InChI is InChI=1S/C48H62N8O7/c1-9-30-15-16-49-24-36(30)43-35-23-48(5,6)27-63-47(62)37-12-11-17-56(52-37)46(61)38(51-44(59)42(28(3)4)54(8)41(58)26-53(7)45(60)39-25-50-39)20-29-18-32(21-33(57)19-29)31-13-14-40(34(35)22-31)55(43)10-2/h13-16,18-19,21-22,24,28,37-39,42,50,52,57H,9-12,17,20,23,25-27H2,1-8H3,(H,51,59)/t37-,38-,39?,42-/m0/s1.